The van der Waals surface area contributed by atoms with Gasteiger partial charge in [-0.15, -0.1) is 0 Å². The zero-order valence-corrected chi connectivity index (χ0v) is 15.4. The molecule has 0 bridgehead atoms. The molecule has 2 aromatic rings. The van der Waals surface area contributed by atoms with Crippen molar-refractivity contribution in [3.05, 3.63) is 54.1 Å². The first-order chi connectivity index (χ1) is 10.2. The second kappa shape index (κ2) is 6.17. The topological polar surface area (TPSA) is 18.5 Å². The lowest BCUT2D eigenvalue weighted by Crippen LogP contribution is -2.43. The van der Waals surface area contributed by atoms with Crippen LogP contribution in [-0.4, -0.2) is 8.32 Å². The van der Waals surface area contributed by atoms with Gasteiger partial charge in [0.15, 0.2) is 0 Å². The van der Waals surface area contributed by atoms with Crippen molar-refractivity contribution in [1.29, 1.82) is 0 Å². The van der Waals surface area contributed by atoms with Crippen LogP contribution in [0.5, 0.6) is 17.2 Å². The Hall–Kier alpha value is -1.74. The summed E-state index contributed by atoms with van der Waals surface area (Å²) in [6, 6.07) is 16.0. The van der Waals surface area contributed by atoms with Crippen molar-refractivity contribution in [3.8, 4) is 17.2 Å². The third-order valence-corrected chi connectivity index (χ3v) is 8.62. The molecule has 2 aromatic carbocycles. The Labute approximate surface area is 135 Å². The fraction of sp³-hybridized carbons (Fsp3) is 0.368. The lowest BCUT2D eigenvalue weighted by atomic mass is 10.2. The first kappa shape index (κ1) is 16.6. The molecule has 0 spiro atoms. The van der Waals surface area contributed by atoms with Crippen molar-refractivity contribution in [3.63, 3.8) is 0 Å². The van der Waals surface area contributed by atoms with Gasteiger partial charge in [0, 0.05) is 0 Å². The third-order valence-electron chi connectivity index (χ3n) is 4.26. The van der Waals surface area contributed by atoms with Crippen LogP contribution in [0.2, 0.25) is 18.1 Å². The summed E-state index contributed by atoms with van der Waals surface area (Å²) in [5.74, 6) is 2.60. The molecule has 2 rings (SSSR count). The number of ether oxygens (including phenoxy) is 1. The van der Waals surface area contributed by atoms with Gasteiger partial charge >= 0.3 is 0 Å². The zero-order chi connectivity index (χ0) is 16.4. The Morgan fingerprint density at radius 1 is 0.727 bits per heavy atom. The molecule has 0 saturated carbocycles. The SMILES string of the molecule is Cc1ccc(Oc2ccc(O[Si](C)(C)C(C)(C)C)cc2)cc1. The monoisotopic (exact) mass is 314 g/mol. The fourth-order valence-corrected chi connectivity index (χ4v) is 2.80. The summed E-state index contributed by atoms with van der Waals surface area (Å²) in [6.45, 7) is 13.3. The van der Waals surface area contributed by atoms with Crippen molar-refractivity contribution < 1.29 is 9.16 Å². The van der Waals surface area contributed by atoms with E-state index in [9.17, 15) is 0 Å². The maximum atomic E-state index is 6.27. The van der Waals surface area contributed by atoms with E-state index in [1.54, 1.807) is 0 Å². The summed E-state index contributed by atoms with van der Waals surface area (Å²) in [4.78, 5) is 0. The van der Waals surface area contributed by atoms with E-state index in [4.69, 9.17) is 9.16 Å². The van der Waals surface area contributed by atoms with Gasteiger partial charge in [0.25, 0.3) is 0 Å². The second-order valence-electron chi connectivity index (χ2n) is 7.25. The highest BCUT2D eigenvalue weighted by atomic mass is 28.4. The van der Waals surface area contributed by atoms with Crippen molar-refractivity contribution in [2.24, 2.45) is 0 Å². The Morgan fingerprint density at radius 3 is 1.59 bits per heavy atom. The van der Waals surface area contributed by atoms with Gasteiger partial charge in [-0.3, -0.25) is 0 Å². The molecule has 0 N–H and O–H groups in total. The van der Waals surface area contributed by atoms with Crippen molar-refractivity contribution in [2.45, 2.75) is 45.8 Å². The Morgan fingerprint density at radius 2 is 1.14 bits per heavy atom. The number of hydrogen-bond donors (Lipinski definition) is 0. The Kier molecular flexibility index (Phi) is 4.66. The van der Waals surface area contributed by atoms with Gasteiger partial charge in [-0.1, -0.05) is 38.5 Å². The van der Waals surface area contributed by atoms with Gasteiger partial charge in [-0.25, -0.2) is 0 Å². The summed E-state index contributed by atoms with van der Waals surface area (Å²) in [5.41, 5.74) is 1.23. The second-order valence-corrected chi connectivity index (χ2v) is 12.0. The van der Waals surface area contributed by atoms with Crippen LogP contribution in [0.4, 0.5) is 0 Å². The lowest BCUT2D eigenvalue weighted by molar-refractivity contribution is 0.474. The number of hydrogen-bond acceptors (Lipinski definition) is 2. The molecule has 3 heteroatoms. The van der Waals surface area contributed by atoms with E-state index in [-0.39, 0.29) is 5.04 Å². The highest BCUT2D eigenvalue weighted by Crippen LogP contribution is 2.37. The predicted octanol–water partition coefficient (Wildman–Crippen LogP) is 6.17. The number of aryl methyl sites for hydroxylation is 1. The molecule has 0 aliphatic rings. The van der Waals surface area contributed by atoms with E-state index in [1.807, 2.05) is 48.5 Å². The van der Waals surface area contributed by atoms with Crippen molar-refractivity contribution in [2.75, 3.05) is 0 Å². The molecule has 0 saturated heterocycles. The Bertz CT molecular complexity index is 607. The first-order valence-electron chi connectivity index (χ1n) is 7.71. The zero-order valence-electron chi connectivity index (χ0n) is 14.4. The summed E-state index contributed by atoms with van der Waals surface area (Å²) in [5, 5.41) is 0.198. The molecule has 0 amide bonds. The van der Waals surface area contributed by atoms with Gasteiger partial charge in [-0.2, -0.15) is 0 Å². The smallest absolute Gasteiger partial charge is 0.250 e. The molecule has 0 atom stereocenters. The van der Waals surface area contributed by atoms with Crippen LogP contribution in [0.15, 0.2) is 48.5 Å². The van der Waals surface area contributed by atoms with Crippen LogP contribution < -0.4 is 9.16 Å². The molecule has 0 aromatic heterocycles. The van der Waals surface area contributed by atoms with E-state index in [2.05, 4.69) is 40.8 Å². The minimum Gasteiger partial charge on any atom is -0.543 e. The predicted molar refractivity (Wildman–Crippen MR) is 95.5 cm³/mol. The molecular formula is C19H26O2Si. The lowest BCUT2D eigenvalue weighted by Gasteiger charge is -2.36. The van der Waals surface area contributed by atoms with E-state index < -0.39 is 8.32 Å². The molecule has 0 aliphatic heterocycles. The highest BCUT2D eigenvalue weighted by molar-refractivity contribution is 6.74. The maximum absolute atomic E-state index is 6.27. The van der Waals surface area contributed by atoms with Gasteiger partial charge < -0.3 is 9.16 Å². The summed E-state index contributed by atoms with van der Waals surface area (Å²) in [6.07, 6.45) is 0. The van der Waals surface area contributed by atoms with Gasteiger partial charge in [0.05, 0.1) is 0 Å². The molecule has 0 unspecified atom stereocenters. The van der Waals surface area contributed by atoms with Gasteiger partial charge in [-0.05, 0) is 61.5 Å². The van der Waals surface area contributed by atoms with Crippen LogP contribution in [0.3, 0.4) is 0 Å². The summed E-state index contributed by atoms with van der Waals surface area (Å²) < 4.78 is 12.1. The van der Waals surface area contributed by atoms with E-state index in [0.29, 0.717) is 0 Å². The largest absolute Gasteiger partial charge is 0.543 e. The normalized spacial score (nSPS) is 12.1. The number of rotatable bonds is 4. The van der Waals surface area contributed by atoms with Gasteiger partial charge in [0.2, 0.25) is 8.32 Å². The van der Waals surface area contributed by atoms with Gasteiger partial charge in [0.1, 0.15) is 17.2 Å². The molecule has 0 fully saturated rings. The average Bonchev–Trinajstić information content (AvgIpc) is 2.42. The molecule has 22 heavy (non-hydrogen) atoms. The minimum atomic E-state index is -1.78. The van der Waals surface area contributed by atoms with E-state index in [1.165, 1.54) is 5.56 Å². The van der Waals surface area contributed by atoms with E-state index in [0.717, 1.165) is 17.2 Å². The average molecular weight is 315 g/mol. The molecule has 0 aliphatic carbocycles. The Balaban J connectivity index is 2.06. The highest BCUT2D eigenvalue weighted by Gasteiger charge is 2.38. The minimum absolute atomic E-state index is 0.198. The van der Waals surface area contributed by atoms with Crippen LogP contribution in [0.1, 0.15) is 26.3 Å². The van der Waals surface area contributed by atoms with Crippen molar-refractivity contribution in [1.82, 2.24) is 0 Å². The summed E-state index contributed by atoms with van der Waals surface area (Å²) >= 11 is 0. The maximum Gasteiger partial charge on any atom is 0.250 e. The molecule has 0 radical (unpaired) electrons. The van der Waals surface area contributed by atoms with Crippen LogP contribution in [-0.2, 0) is 0 Å². The third kappa shape index (κ3) is 4.14. The van der Waals surface area contributed by atoms with Crippen LogP contribution in [0.25, 0.3) is 0 Å². The van der Waals surface area contributed by atoms with Crippen LogP contribution >= 0.6 is 0 Å². The quantitative estimate of drug-likeness (QED) is 0.628. The molecule has 118 valence electrons. The molecular weight excluding hydrogens is 288 g/mol. The summed E-state index contributed by atoms with van der Waals surface area (Å²) in [7, 11) is -1.78. The molecule has 2 nitrogen and oxygen atoms in total. The van der Waals surface area contributed by atoms with E-state index >= 15 is 0 Å². The molecule has 0 heterocycles. The fourth-order valence-electron chi connectivity index (χ4n) is 1.77. The van der Waals surface area contributed by atoms with Crippen molar-refractivity contribution >= 4 is 8.32 Å². The standard InChI is InChI=1S/C19H26O2Si/c1-15-7-9-16(10-8-15)20-17-11-13-18(14-12-17)21-22(5,6)19(2,3)4/h7-14H,1-6H3. The first-order valence-corrected chi connectivity index (χ1v) is 10.6. The van der Waals surface area contributed by atoms with Crippen LogP contribution in [0, 0.1) is 6.92 Å². The number of benzene rings is 2.